The second-order valence-electron chi connectivity index (χ2n) is 8.49. The summed E-state index contributed by atoms with van der Waals surface area (Å²) in [5.41, 5.74) is 8.18. The minimum atomic E-state index is 0.311. The molecule has 0 aliphatic heterocycles. The second-order valence-corrected chi connectivity index (χ2v) is 8.49. The maximum absolute atomic E-state index is 9.86. The smallest absolute Gasteiger partial charge is 0.216 e. The van der Waals surface area contributed by atoms with Crippen molar-refractivity contribution in [3.63, 3.8) is 0 Å². The molecule has 4 rings (SSSR count). The van der Waals surface area contributed by atoms with Crippen molar-refractivity contribution in [2.75, 3.05) is 0 Å². The third kappa shape index (κ3) is 2.91. The Morgan fingerprint density at radius 2 is 1.66 bits per heavy atom. The molecule has 4 aromatic rings. The third-order valence-corrected chi connectivity index (χ3v) is 5.83. The molecule has 0 radical (unpaired) electrons. The van der Waals surface area contributed by atoms with Gasteiger partial charge in [-0.05, 0) is 47.6 Å². The van der Waals surface area contributed by atoms with Crippen LogP contribution in [0.25, 0.3) is 33.2 Å². The summed E-state index contributed by atoms with van der Waals surface area (Å²) >= 11 is 0. The van der Waals surface area contributed by atoms with E-state index in [0.717, 1.165) is 38.8 Å². The molecule has 0 saturated carbocycles. The summed E-state index contributed by atoms with van der Waals surface area (Å²) in [7, 11) is 2.06. The van der Waals surface area contributed by atoms with E-state index < -0.39 is 0 Å². The van der Waals surface area contributed by atoms with Crippen LogP contribution in [0.2, 0.25) is 0 Å². The fraction of sp³-hybridized carbons (Fsp3) is 0.308. The second kappa shape index (κ2) is 7.04. The lowest BCUT2D eigenvalue weighted by atomic mass is 9.89. The van der Waals surface area contributed by atoms with Crippen LogP contribution in [-0.2, 0) is 7.05 Å². The molecule has 0 bridgehead atoms. The van der Waals surface area contributed by atoms with Crippen LogP contribution in [0.1, 0.15) is 61.8 Å². The van der Waals surface area contributed by atoms with Crippen molar-refractivity contribution in [3.8, 4) is 17.3 Å². The van der Waals surface area contributed by atoms with Gasteiger partial charge in [-0.15, -0.1) is 0 Å². The number of benzene rings is 2. The number of furan rings is 1. The minimum Gasteiger partial charge on any atom is -0.455 e. The molecule has 0 spiro atoms. The molecule has 0 unspecified atom stereocenters. The van der Waals surface area contributed by atoms with Gasteiger partial charge in [0, 0.05) is 22.9 Å². The van der Waals surface area contributed by atoms with E-state index in [1.54, 1.807) is 0 Å². The normalized spacial score (nSPS) is 11.7. The molecule has 0 saturated heterocycles. The van der Waals surface area contributed by atoms with E-state index in [1.807, 2.05) is 18.2 Å². The van der Waals surface area contributed by atoms with Gasteiger partial charge in [-0.2, -0.15) is 5.26 Å². The Kier molecular flexibility index (Phi) is 4.67. The highest BCUT2D eigenvalue weighted by Crippen LogP contribution is 2.44. The summed E-state index contributed by atoms with van der Waals surface area (Å²) in [5, 5.41) is 11.9. The van der Waals surface area contributed by atoms with Gasteiger partial charge in [-0.25, -0.2) is 4.57 Å². The minimum absolute atomic E-state index is 0.311. The van der Waals surface area contributed by atoms with Crippen LogP contribution in [0.5, 0.6) is 0 Å². The first-order valence-electron chi connectivity index (χ1n) is 10.2. The van der Waals surface area contributed by atoms with E-state index in [0.29, 0.717) is 17.4 Å². The highest BCUT2D eigenvalue weighted by atomic mass is 16.3. The zero-order valence-electron chi connectivity index (χ0n) is 18.0. The average Bonchev–Trinajstić information content (AvgIpc) is 3.07. The number of hydrogen-bond acceptors (Lipinski definition) is 2. The van der Waals surface area contributed by atoms with Crippen molar-refractivity contribution in [3.05, 3.63) is 64.8 Å². The van der Waals surface area contributed by atoms with Crippen LogP contribution in [0, 0.1) is 18.3 Å². The van der Waals surface area contributed by atoms with Crippen LogP contribution in [-0.4, -0.2) is 0 Å². The Balaban J connectivity index is 2.30. The number of nitrogens with zero attached hydrogens (tertiary/aromatic N) is 2. The number of hydrogen-bond donors (Lipinski definition) is 0. The van der Waals surface area contributed by atoms with E-state index in [4.69, 9.17) is 4.42 Å². The fourth-order valence-electron chi connectivity index (χ4n) is 4.34. The van der Waals surface area contributed by atoms with Crippen LogP contribution >= 0.6 is 0 Å². The molecular weight excluding hydrogens is 356 g/mol. The zero-order valence-corrected chi connectivity index (χ0v) is 18.0. The standard InChI is InChI=1S/C26H27N2O/c1-15(2)19-11-10-18(14-27)23-24-20(16(3)4)13-17(5)22(26(24)29-25(19)23)21-9-7-8-12-28(21)6/h7-13,15-16H,1-6H3/q+1. The van der Waals surface area contributed by atoms with Gasteiger partial charge in [0.25, 0.3) is 0 Å². The fourth-order valence-corrected chi connectivity index (χ4v) is 4.34. The van der Waals surface area contributed by atoms with Crippen molar-refractivity contribution >= 4 is 21.9 Å². The topological polar surface area (TPSA) is 40.8 Å². The lowest BCUT2D eigenvalue weighted by Gasteiger charge is -2.13. The average molecular weight is 384 g/mol. The zero-order chi connectivity index (χ0) is 20.9. The molecule has 2 aromatic heterocycles. The molecular formula is C26H27N2O+. The number of nitriles is 1. The van der Waals surface area contributed by atoms with Gasteiger partial charge in [-0.1, -0.05) is 39.8 Å². The summed E-state index contributed by atoms with van der Waals surface area (Å²) in [6.07, 6.45) is 2.06. The maximum Gasteiger partial charge on any atom is 0.216 e. The monoisotopic (exact) mass is 383 g/mol. The summed E-state index contributed by atoms with van der Waals surface area (Å²) in [6.45, 7) is 10.9. The van der Waals surface area contributed by atoms with Crippen LogP contribution in [0.4, 0.5) is 0 Å². The first-order valence-corrected chi connectivity index (χ1v) is 10.2. The van der Waals surface area contributed by atoms with Crippen molar-refractivity contribution in [1.82, 2.24) is 0 Å². The Morgan fingerprint density at radius 1 is 0.931 bits per heavy atom. The van der Waals surface area contributed by atoms with Crippen LogP contribution in [0.15, 0.2) is 47.0 Å². The Hall–Kier alpha value is -3.12. The maximum atomic E-state index is 9.86. The van der Waals surface area contributed by atoms with Crippen molar-refractivity contribution in [2.45, 2.75) is 46.5 Å². The molecule has 2 aromatic carbocycles. The van der Waals surface area contributed by atoms with E-state index in [2.05, 4.69) is 76.7 Å². The van der Waals surface area contributed by atoms with Crippen molar-refractivity contribution in [1.29, 1.82) is 5.26 Å². The van der Waals surface area contributed by atoms with Crippen LogP contribution < -0.4 is 4.57 Å². The predicted molar refractivity (Wildman–Crippen MR) is 118 cm³/mol. The van der Waals surface area contributed by atoms with Gasteiger partial charge in [-0.3, -0.25) is 0 Å². The van der Waals surface area contributed by atoms with Gasteiger partial charge >= 0.3 is 0 Å². The molecule has 2 heterocycles. The number of aromatic nitrogens is 1. The van der Waals surface area contributed by atoms with Gasteiger partial charge < -0.3 is 4.42 Å². The van der Waals surface area contributed by atoms with Crippen molar-refractivity contribution in [2.24, 2.45) is 7.05 Å². The largest absolute Gasteiger partial charge is 0.455 e. The SMILES string of the molecule is Cc1cc(C(C)C)c2c(oc3c(C(C)C)ccc(C#N)c32)c1-c1cccc[n+]1C. The quantitative estimate of drug-likeness (QED) is 0.379. The number of fused-ring (bicyclic) bond motifs is 3. The summed E-state index contributed by atoms with van der Waals surface area (Å²) < 4.78 is 8.76. The van der Waals surface area contributed by atoms with Gasteiger partial charge in [0.15, 0.2) is 6.20 Å². The van der Waals surface area contributed by atoms with E-state index in [-0.39, 0.29) is 0 Å². The van der Waals surface area contributed by atoms with Gasteiger partial charge in [0.05, 0.1) is 17.2 Å². The first kappa shape index (κ1) is 19.2. The Labute approximate surface area is 172 Å². The molecule has 0 atom stereocenters. The number of aryl methyl sites for hydroxylation is 2. The lowest BCUT2D eigenvalue weighted by molar-refractivity contribution is -0.660. The molecule has 3 nitrogen and oxygen atoms in total. The molecule has 0 aliphatic rings. The third-order valence-electron chi connectivity index (χ3n) is 5.83. The molecule has 0 N–H and O–H groups in total. The molecule has 29 heavy (non-hydrogen) atoms. The Morgan fingerprint density at radius 3 is 2.28 bits per heavy atom. The summed E-state index contributed by atoms with van der Waals surface area (Å²) in [5.74, 6) is 0.635. The molecule has 146 valence electrons. The lowest BCUT2D eigenvalue weighted by Crippen LogP contribution is -2.30. The molecule has 0 fully saturated rings. The van der Waals surface area contributed by atoms with E-state index >= 15 is 0 Å². The van der Waals surface area contributed by atoms with Crippen LogP contribution in [0.3, 0.4) is 0 Å². The summed E-state index contributed by atoms with van der Waals surface area (Å²) in [4.78, 5) is 0. The van der Waals surface area contributed by atoms with Gasteiger partial charge in [0.1, 0.15) is 18.2 Å². The predicted octanol–water partition coefficient (Wildman–Crippen LogP) is 6.50. The molecule has 0 amide bonds. The first-order chi connectivity index (χ1) is 13.8. The van der Waals surface area contributed by atoms with E-state index in [1.165, 1.54) is 11.1 Å². The molecule has 0 aliphatic carbocycles. The van der Waals surface area contributed by atoms with E-state index in [9.17, 15) is 5.26 Å². The highest BCUT2D eigenvalue weighted by molar-refractivity contribution is 6.14. The Bertz CT molecular complexity index is 1290. The summed E-state index contributed by atoms with van der Waals surface area (Å²) in [6, 6.07) is 14.9. The van der Waals surface area contributed by atoms with Gasteiger partial charge in [0.2, 0.25) is 5.69 Å². The molecule has 3 heteroatoms. The highest BCUT2D eigenvalue weighted by Gasteiger charge is 2.26. The number of rotatable bonds is 3. The van der Waals surface area contributed by atoms with Crippen molar-refractivity contribution < 1.29 is 8.98 Å². The number of pyridine rings is 1.